The number of amides is 1. The number of carbonyl (C=O) groups excluding carboxylic acids is 1. The Morgan fingerprint density at radius 3 is 2.58 bits per heavy atom. The van der Waals surface area contributed by atoms with Gasteiger partial charge in [-0.25, -0.2) is 13.2 Å². The van der Waals surface area contributed by atoms with Gasteiger partial charge in [0.05, 0.1) is 18.1 Å². The predicted molar refractivity (Wildman–Crippen MR) is 117 cm³/mol. The Balaban J connectivity index is 1.72. The molecule has 1 saturated heterocycles. The summed E-state index contributed by atoms with van der Waals surface area (Å²) in [5.41, 5.74) is 0.636. The largest absolute Gasteiger partial charge is 0.497 e. The van der Waals surface area contributed by atoms with Gasteiger partial charge in [0.2, 0.25) is 6.10 Å². The van der Waals surface area contributed by atoms with Crippen LogP contribution in [0.25, 0.3) is 0 Å². The lowest BCUT2D eigenvalue weighted by Gasteiger charge is -2.35. The molecule has 0 aromatic heterocycles. The van der Waals surface area contributed by atoms with E-state index in [2.05, 4.69) is 10.1 Å². The number of hydrogen-bond acceptors (Lipinski definition) is 6. The van der Waals surface area contributed by atoms with Crippen molar-refractivity contribution in [2.45, 2.75) is 17.5 Å². The van der Waals surface area contributed by atoms with Crippen molar-refractivity contribution in [2.75, 3.05) is 37.8 Å². The second-order valence-electron chi connectivity index (χ2n) is 7.46. The zero-order chi connectivity index (χ0) is 24.2. The number of rotatable bonds is 6. The van der Waals surface area contributed by atoms with E-state index >= 15 is 0 Å². The molecule has 0 radical (unpaired) electrons. The third-order valence-corrected chi connectivity index (χ3v) is 7.44. The van der Waals surface area contributed by atoms with E-state index in [4.69, 9.17) is 16.3 Å². The molecular weight excluding hydrogens is 485 g/mol. The van der Waals surface area contributed by atoms with Crippen molar-refractivity contribution in [3.8, 4) is 5.75 Å². The first kappa shape index (κ1) is 25.1. The van der Waals surface area contributed by atoms with Gasteiger partial charge in [-0.05, 0) is 42.0 Å². The van der Waals surface area contributed by atoms with E-state index < -0.39 is 40.0 Å². The van der Waals surface area contributed by atoms with Crippen LogP contribution in [0.1, 0.15) is 10.8 Å². The second-order valence-corrected chi connectivity index (χ2v) is 10.2. The van der Waals surface area contributed by atoms with Crippen molar-refractivity contribution in [3.05, 3.63) is 59.1 Å². The average Bonchev–Trinajstić information content (AvgIpc) is 2.75. The molecule has 1 aliphatic heterocycles. The zero-order valence-corrected chi connectivity index (χ0v) is 19.1. The van der Waals surface area contributed by atoms with Gasteiger partial charge in [-0.1, -0.05) is 23.7 Å². The quantitative estimate of drug-likeness (QED) is 0.629. The van der Waals surface area contributed by atoms with E-state index in [1.807, 2.05) is 0 Å². The first-order chi connectivity index (χ1) is 15.5. The number of anilines is 1. The third-order valence-electron chi connectivity index (χ3n) is 5.14. The molecular formula is C21H22ClF3N2O5S. The van der Waals surface area contributed by atoms with E-state index in [0.717, 1.165) is 0 Å². The Morgan fingerprint density at radius 1 is 1.24 bits per heavy atom. The number of alkyl halides is 3. The maximum Gasteiger partial charge on any atom is 0.426 e. The number of halogens is 4. The maximum absolute atomic E-state index is 13.6. The number of nitrogens with zero attached hydrogens (tertiary/aromatic N) is 1. The lowest BCUT2D eigenvalue weighted by molar-refractivity contribution is -0.206. The van der Waals surface area contributed by atoms with E-state index in [1.54, 1.807) is 24.3 Å². The van der Waals surface area contributed by atoms with Crippen molar-refractivity contribution >= 4 is 33.2 Å². The molecule has 0 bridgehead atoms. The molecule has 1 heterocycles. The summed E-state index contributed by atoms with van der Waals surface area (Å²) < 4.78 is 75.9. The number of hydrogen-bond donors (Lipinski definition) is 1. The third kappa shape index (κ3) is 6.75. The normalized spacial score (nSPS) is 19.5. The van der Waals surface area contributed by atoms with E-state index in [1.165, 1.54) is 36.3 Å². The van der Waals surface area contributed by atoms with Crippen molar-refractivity contribution in [1.82, 2.24) is 4.90 Å². The lowest BCUT2D eigenvalue weighted by atomic mass is 10.1. The van der Waals surface area contributed by atoms with Gasteiger partial charge >= 0.3 is 12.3 Å². The standard InChI is InChI=1S/C21H22ClF3N2O5S/c1-31-17-4-2-3-14(11-17)18-12-27(9-10-33(18,29)30)13-19(21(23,24)25)32-20(28)26-16-7-5-15(22)6-8-16/h2-8,11,18-19H,9-10,12-13H2,1H3,(H,26,28)/t18-,19-/m0/s1. The van der Waals surface area contributed by atoms with Gasteiger partial charge in [0, 0.05) is 30.3 Å². The van der Waals surface area contributed by atoms with Gasteiger partial charge < -0.3 is 9.47 Å². The Morgan fingerprint density at radius 2 is 1.94 bits per heavy atom. The average molecular weight is 507 g/mol. The van der Waals surface area contributed by atoms with E-state index in [-0.39, 0.29) is 24.5 Å². The highest BCUT2D eigenvalue weighted by molar-refractivity contribution is 7.91. The van der Waals surface area contributed by atoms with Gasteiger partial charge in [0.15, 0.2) is 9.84 Å². The molecule has 12 heteroatoms. The topological polar surface area (TPSA) is 84.9 Å². The van der Waals surface area contributed by atoms with Crippen molar-refractivity contribution in [1.29, 1.82) is 0 Å². The summed E-state index contributed by atoms with van der Waals surface area (Å²) in [6.07, 6.45) is -8.58. The Hall–Kier alpha value is -2.50. The molecule has 1 N–H and O–H groups in total. The molecule has 0 unspecified atom stereocenters. The zero-order valence-electron chi connectivity index (χ0n) is 17.5. The number of methoxy groups -OCH3 is 1. The van der Waals surface area contributed by atoms with Crippen molar-refractivity contribution < 1.29 is 35.9 Å². The molecule has 2 aromatic rings. The summed E-state index contributed by atoms with van der Waals surface area (Å²) in [6.45, 7) is -0.991. The van der Waals surface area contributed by atoms with Crippen LogP contribution < -0.4 is 10.1 Å². The molecule has 2 aromatic carbocycles. The van der Waals surface area contributed by atoms with E-state index in [0.29, 0.717) is 16.3 Å². The summed E-state index contributed by atoms with van der Waals surface area (Å²) in [7, 11) is -2.15. The SMILES string of the molecule is COc1cccc([C@@H]2CN(C[C@H](OC(=O)Nc3ccc(Cl)cc3)C(F)(F)F)CCS2(=O)=O)c1. The molecule has 2 atom stereocenters. The van der Waals surface area contributed by atoms with E-state index in [9.17, 15) is 26.4 Å². The highest BCUT2D eigenvalue weighted by Gasteiger charge is 2.45. The van der Waals surface area contributed by atoms with Crippen LogP contribution in [0.5, 0.6) is 5.75 Å². The van der Waals surface area contributed by atoms with Crippen LogP contribution in [-0.2, 0) is 14.6 Å². The molecule has 33 heavy (non-hydrogen) atoms. The minimum Gasteiger partial charge on any atom is -0.497 e. The second kappa shape index (κ2) is 10.2. The maximum atomic E-state index is 13.6. The number of carbonyl (C=O) groups is 1. The van der Waals surface area contributed by atoms with Crippen LogP contribution in [0.3, 0.4) is 0 Å². The van der Waals surface area contributed by atoms with Gasteiger partial charge in [-0.15, -0.1) is 0 Å². The van der Waals surface area contributed by atoms with Gasteiger partial charge in [-0.2, -0.15) is 13.2 Å². The molecule has 0 saturated carbocycles. The van der Waals surface area contributed by atoms with Gasteiger partial charge in [0.1, 0.15) is 5.75 Å². The first-order valence-corrected chi connectivity index (χ1v) is 11.9. The van der Waals surface area contributed by atoms with Crippen LogP contribution >= 0.6 is 11.6 Å². The summed E-state index contributed by atoms with van der Waals surface area (Å²) in [6, 6.07) is 12.2. The van der Waals surface area contributed by atoms with Gasteiger partial charge in [0.25, 0.3) is 0 Å². The molecule has 180 valence electrons. The van der Waals surface area contributed by atoms with Crippen LogP contribution in [0.2, 0.25) is 5.02 Å². The molecule has 0 spiro atoms. The van der Waals surface area contributed by atoms with Crippen LogP contribution in [-0.4, -0.2) is 64.2 Å². The molecule has 7 nitrogen and oxygen atoms in total. The van der Waals surface area contributed by atoms with Crippen molar-refractivity contribution in [3.63, 3.8) is 0 Å². The lowest BCUT2D eigenvalue weighted by Crippen LogP contribution is -2.50. The van der Waals surface area contributed by atoms with Gasteiger partial charge in [-0.3, -0.25) is 10.2 Å². The fourth-order valence-electron chi connectivity index (χ4n) is 3.41. The Bertz CT molecular complexity index is 1080. The molecule has 1 aliphatic rings. The molecule has 1 fully saturated rings. The van der Waals surface area contributed by atoms with Crippen molar-refractivity contribution in [2.24, 2.45) is 0 Å². The minimum absolute atomic E-state index is 0.114. The predicted octanol–water partition coefficient (Wildman–Crippen LogP) is 4.30. The minimum atomic E-state index is -4.85. The fraction of sp³-hybridized carbons (Fsp3) is 0.381. The number of benzene rings is 2. The van der Waals surface area contributed by atoms with Crippen LogP contribution in [0, 0.1) is 0 Å². The van der Waals surface area contributed by atoms with Crippen LogP contribution in [0.15, 0.2) is 48.5 Å². The molecule has 1 amide bonds. The monoisotopic (exact) mass is 506 g/mol. The highest BCUT2D eigenvalue weighted by atomic mass is 35.5. The Kier molecular flexibility index (Phi) is 7.76. The summed E-state index contributed by atoms with van der Waals surface area (Å²) in [5.74, 6) is 0.117. The summed E-state index contributed by atoms with van der Waals surface area (Å²) in [4.78, 5) is 13.4. The number of ether oxygens (including phenoxy) is 2. The van der Waals surface area contributed by atoms with Crippen LogP contribution in [0.4, 0.5) is 23.7 Å². The smallest absolute Gasteiger partial charge is 0.426 e. The first-order valence-electron chi connectivity index (χ1n) is 9.86. The fourth-order valence-corrected chi connectivity index (χ4v) is 5.33. The Labute approximate surface area is 194 Å². The molecule has 3 rings (SSSR count). The summed E-state index contributed by atoms with van der Waals surface area (Å²) in [5, 5.41) is 1.59. The number of sulfone groups is 1. The summed E-state index contributed by atoms with van der Waals surface area (Å²) >= 11 is 5.75. The molecule has 0 aliphatic carbocycles. The highest BCUT2D eigenvalue weighted by Crippen LogP contribution is 2.32. The number of nitrogens with one attached hydrogen (secondary N) is 1.